The van der Waals surface area contributed by atoms with Crippen LogP contribution in [0.3, 0.4) is 0 Å². The predicted molar refractivity (Wildman–Crippen MR) is 77.9 cm³/mol. The second-order valence-electron chi connectivity index (χ2n) is 3.96. The van der Waals surface area contributed by atoms with Gasteiger partial charge >= 0.3 is 0 Å². The first-order chi connectivity index (χ1) is 9.24. The Morgan fingerprint density at radius 3 is 2.74 bits per heavy atom. The van der Waals surface area contributed by atoms with Crippen molar-refractivity contribution in [3.8, 4) is 0 Å². The first-order valence-electron chi connectivity index (χ1n) is 5.64. The highest BCUT2D eigenvalue weighted by atomic mass is 35.5. The van der Waals surface area contributed by atoms with Crippen LogP contribution in [0.5, 0.6) is 0 Å². The van der Waals surface area contributed by atoms with Crippen LogP contribution in [0.4, 0.5) is 0 Å². The van der Waals surface area contributed by atoms with Gasteiger partial charge in [-0.25, -0.2) is 4.98 Å². The van der Waals surface area contributed by atoms with E-state index in [2.05, 4.69) is 22.1 Å². The zero-order valence-corrected chi connectivity index (χ0v) is 11.3. The first-order valence-corrected chi connectivity index (χ1v) is 6.83. The predicted octanol–water partition coefficient (Wildman–Crippen LogP) is 3.73. The highest BCUT2D eigenvalue weighted by molar-refractivity contribution is 7.99. The Morgan fingerprint density at radius 2 is 1.89 bits per heavy atom. The average Bonchev–Trinajstić information content (AvgIpc) is 2.44. The van der Waals surface area contributed by atoms with Gasteiger partial charge in [-0.3, -0.25) is 4.79 Å². The van der Waals surface area contributed by atoms with Gasteiger partial charge < -0.3 is 4.98 Å². The van der Waals surface area contributed by atoms with Crippen molar-refractivity contribution in [1.82, 2.24) is 9.97 Å². The van der Waals surface area contributed by atoms with Crippen LogP contribution in [0.25, 0.3) is 10.8 Å². The molecule has 2 aromatic carbocycles. The van der Waals surface area contributed by atoms with Gasteiger partial charge in [0, 0.05) is 4.90 Å². The maximum Gasteiger partial charge on any atom is 0.270 e. The molecule has 94 valence electrons. The summed E-state index contributed by atoms with van der Waals surface area (Å²) in [7, 11) is 0. The zero-order chi connectivity index (χ0) is 13.2. The maximum atomic E-state index is 11.4. The van der Waals surface area contributed by atoms with Crippen LogP contribution in [0.1, 0.15) is 0 Å². The summed E-state index contributed by atoms with van der Waals surface area (Å²) in [6.07, 6.45) is 1.36. The highest BCUT2D eigenvalue weighted by Gasteiger charge is 2.07. The number of benzene rings is 2. The molecule has 3 aromatic rings. The maximum absolute atomic E-state index is 11.4. The van der Waals surface area contributed by atoms with E-state index in [9.17, 15) is 4.79 Å². The molecule has 19 heavy (non-hydrogen) atoms. The van der Waals surface area contributed by atoms with E-state index < -0.39 is 0 Å². The monoisotopic (exact) mass is 288 g/mol. The number of H-pyrrole nitrogens is 1. The molecular weight excluding hydrogens is 280 g/mol. The summed E-state index contributed by atoms with van der Waals surface area (Å²) in [5, 5.41) is 2.96. The molecule has 0 bridgehead atoms. The summed E-state index contributed by atoms with van der Waals surface area (Å²) in [5.41, 5.74) is -0.319. The van der Waals surface area contributed by atoms with Gasteiger partial charge in [0.25, 0.3) is 5.56 Å². The van der Waals surface area contributed by atoms with Crippen LogP contribution in [0.2, 0.25) is 5.02 Å². The lowest BCUT2D eigenvalue weighted by Crippen LogP contribution is -2.07. The second-order valence-corrected chi connectivity index (χ2v) is 5.40. The normalized spacial score (nSPS) is 10.8. The fourth-order valence-corrected chi connectivity index (χ4v) is 2.83. The van der Waals surface area contributed by atoms with Gasteiger partial charge in [0.1, 0.15) is 10.0 Å². The van der Waals surface area contributed by atoms with Crippen LogP contribution in [-0.4, -0.2) is 9.97 Å². The number of nitrogens with one attached hydrogen (secondary N) is 1. The molecule has 0 atom stereocenters. The SMILES string of the molecule is O=c1[nH]cnc(Sc2ccc3ccccc3c2)c1Cl. The Labute approximate surface area is 118 Å². The Hall–Kier alpha value is -1.78. The third-order valence-corrected chi connectivity index (χ3v) is 4.16. The molecule has 0 spiro atoms. The van der Waals surface area contributed by atoms with Crippen molar-refractivity contribution in [2.24, 2.45) is 0 Å². The summed E-state index contributed by atoms with van der Waals surface area (Å²) in [4.78, 5) is 18.9. The quantitative estimate of drug-likeness (QED) is 0.731. The molecule has 0 radical (unpaired) electrons. The number of hydrogen-bond donors (Lipinski definition) is 1. The van der Waals surface area contributed by atoms with Crippen molar-refractivity contribution in [2.45, 2.75) is 9.92 Å². The van der Waals surface area contributed by atoms with Crippen molar-refractivity contribution < 1.29 is 0 Å². The number of rotatable bonds is 2. The fourth-order valence-electron chi connectivity index (χ4n) is 1.78. The standard InChI is InChI=1S/C14H9ClN2OS/c15-12-13(18)16-8-17-14(12)19-11-6-5-9-3-1-2-4-10(9)7-11/h1-8H,(H,16,17,18). The molecule has 5 heteroatoms. The molecule has 0 unspecified atom stereocenters. The topological polar surface area (TPSA) is 45.8 Å². The summed E-state index contributed by atoms with van der Waals surface area (Å²) in [6.45, 7) is 0. The third kappa shape index (κ3) is 2.50. The Kier molecular flexibility index (Phi) is 3.27. The van der Waals surface area contributed by atoms with Crippen molar-refractivity contribution in [1.29, 1.82) is 0 Å². The molecule has 0 fully saturated rings. The molecule has 0 aliphatic carbocycles. The molecule has 1 N–H and O–H groups in total. The lowest BCUT2D eigenvalue weighted by Gasteiger charge is -2.04. The molecule has 3 rings (SSSR count). The van der Waals surface area contributed by atoms with E-state index in [0.29, 0.717) is 5.03 Å². The van der Waals surface area contributed by atoms with Gasteiger partial charge in [-0.2, -0.15) is 0 Å². The van der Waals surface area contributed by atoms with E-state index in [-0.39, 0.29) is 10.6 Å². The van der Waals surface area contributed by atoms with Gasteiger partial charge in [0.2, 0.25) is 0 Å². The van der Waals surface area contributed by atoms with Gasteiger partial charge in [-0.05, 0) is 22.9 Å². The fraction of sp³-hybridized carbons (Fsp3) is 0. The number of aromatic nitrogens is 2. The van der Waals surface area contributed by atoms with E-state index in [4.69, 9.17) is 11.6 Å². The molecule has 3 nitrogen and oxygen atoms in total. The van der Waals surface area contributed by atoms with Crippen molar-refractivity contribution >= 4 is 34.1 Å². The van der Waals surface area contributed by atoms with E-state index in [1.807, 2.05) is 30.3 Å². The summed E-state index contributed by atoms with van der Waals surface area (Å²) < 4.78 is 0. The first kappa shape index (κ1) is 12.3. The van der Waals surface area contributed by atoms with Crippen molar-refractivity contribution in [3.63, 3.8) is 0 Å². The highest BCUT2D eigenvalue weighted by Crippen LogP contribution is 2.31. The second kappa shape index (κ2) is 5.07. The van der Waals surface area contributed by atoms with Crippen molar-refractivity contribution in [3.05, 3.63) is 64.2 Å². The lowest BCUT2D eigenvalue weighted by atomic mass is 10.1. The van der Waals surface area contributed by atoms with Crippen LogP contribution in [0.15, 0.2) is 63.5 Å². The molecule has 0 saturated heterocycles. The molecule has 0 saturated carbocycles. The molecule has 0 amide bonds. The number of hydrogen-bond acceptors (Lipinski definition) is 3. The molecule has 1 aromatic heterocycles. The van der Waals surface area contributed by atoms with E-state index in [0.717, 1.165) is 10.3 Å². The van der Waals surface area contributed by atoms with Crippen LogP contribution in [0, 0.1) is 0 Å². The van der Waals surface area contributed by atoms with Gasteiger partial charge in [0.05, 0.1) is 6.33 Å². The molecule has 0 aliphatic rings. The van der Waals surface area contributed by atoms with E-state index in [1.165, 1.54) is 23.5 Å². The Balaban J connectivity index is 2.01. The number of fused-ring (bicyclic) bond motifs is 1. The minimum Gasteiger partial charge on any atom is -0.312 e. The summed E-state index contributed by atoms with van der Waals surface area (Å²) >= 11 is 7.31. The van der Waals surface area contributed by atoms with E-state index in [1.54, 1.807) is 0 Å². The Bertz CT molecular complexity index is 801. The number of nitrogens with zero attached hydrogens (tertiary/aromatic N) is 1. The van der Waals surface area contributed by atoms with Crippen LogP contribution < -0.4 is 5.56 Å². The smallest absolute Gasteiger partial charge is 0.270 e. The summed E-state index contributed by atoms with van der Waals surface area (Å²) in [6, 6.07) is 14.2. The number of aromatic amines is 1. The molecular formula is C14H9ClN2OS. The van der Waals surface area contributed by atoms with E-state index >= 15 is 0 Å². The van der Waals surface area contributed by atoms with Gasteiger partial charge in [-0.1, -0.05) is 53.7 Å². The largest absolute Gasteiger partial charge is 0.312 e. The van der Waals surface area contributed by atoms with Gasteiger partial charge in [-0.15, -0.1) is 0 Å². The molecule has 0 aliphatic heterocycles. The zero-order valence-electron chi connectivity index (χ0n) is 9.76. The Morgan fingerprint density at radius 1 is 1.11 bits per heavy atom. The van der Waals surface area contributed by atoms with Crippen molar-refractivity contribution in [2.75, 3.05) is 0 Å². The minimum atomic E-state index is -0.319. The van der Waals surface area contributed by atoms with Gasteiger partial charge in [0.15, 0.2) is 0 Å². The lowest BCUT2D eigenvalue weighted by molar-refractivity contribution is 1.01. The molecule has 1 heterocycles. The summed E-state index contributed by atoms with van der Waals surface area (Å²) in [5.74, 6) is 0. The number of halogens is 1. The average molecular weight is 289 g/mol. The van der Waals surface area contributed by atoms with Crippen LogP contribution >= 0.6 is 23.4 Å². The third-order valence-electron chi connectivity index (χ3n) is 2.70. The minimum absolute atomic E-state index is 0.126. The van der Waals surface area contributed by atoms with Crippen LogP contribution in [-0.2, 0) is 0 Å².